The highest BCUT2D eigenvalue weighted by Gasteiger charge is 2.39. The minimum absolute atomic E-state index is 0.00234. The minimum atomic E-state index is -0.669. The Bertz CT molecular complexity index is 777. The number of hydrogen-bond acceptors (Lipinski definition) is 5. The van der Waals surface area contributed by atoms with Gasteiger partial charge < -0.3 is 10.6 Å². The largest absolute Gasteiger partial charge is 0.369 e. The van der Waals surface area contributed by atoms with Gasteiger partial charge in [-0.2, -0.15) is 0 Å². The Morgan fingerprint density at radius 2 is 2.08 bits per heavy atom. The molecule has 2 unspecified atom stereocenters. The molecule has 3 rings (SSSR count). The van der Waals surface area contributed by atoms with Crippen molar-refractivity contribution in [2.75, 3.05) is 0 Å². The summed E-state index contributed by atoms with van der Waals surface area (Å²) in [6, 6.07) is 9.28. The van der Waals surface area contributed by atoms with E-state index in [4.69, 9.17) is 5.73 Å². The molecule has 2 N–H and O–H groups in total. The number of nitrogens with zero attached hydrogens (tertiary/aromatic N) is 2. The number of nitrogens with two attached hydrogens (primary N) is 1. The summed E-state index contributed by atoms with van der Waals surface area (Å²) in [5.41, 5.74) is 6.59. The van der Waals surface area contributed by atoms with Gasteiger partial charge in [0.1, 0.15) is 5.78 Å². The Morgan fingerprint density at radius 1 is 1.31 bits per heavy atom. The number of likely N-dealkylation sites (tertiary alicyclic amines) is 1. The fourth-order valence-corrected chi connectivity index (χ4v) is 4.06. The summed E-state index contributed by atoms with van der Waals surface area (Å²) >= 11 is 1.41. The van der Waals surface area contributed by atoms with Gasteiger partial charge in [-0.25, -0.2) is 4.98 Å². The molecule has 7 heteroatoms. The molecule has 0 saturated carbocycles. The molecule has 0 aliphatic carbocycles. The third-order valence-electron chi connectivity index (χ3n) is 4.68. The lowest BCUT2D eigenvalue weighted by atomic mass is 9.90. The zero-order chi connectivity index (χ0) is 18.5. The van der Waals surface area contributed by atoms with E-state index < -0.39 is 11.8 Å². The quantitative estimate of drug-likeness (QED) is 0.767. The van der Waals surface area contributed by atoms with E-state index in [1.165, 1.54) is 11.3 Å². The third-order valence-corrected chi connectivity index (χ3v) is 5.46. The van der Waals surface area contributed by atoms with E-state index in [-0.39, 0.29) is 30.6 Å². The number of thiazole rings is 1. The van der Waals surface area contributed by atoms with Crippen LogP contribution in [0, 0.1) is 5.92 Å². The molecule has 0 radical (unpaired) electrons. The second-order valence-corrected chi connectivity index (χ2v) is 7.45. The van der Waals surface area contributed by atoms with Gasteiger partial charge in [-0.1, -0.05) is 30.3 Å². The van der Waals surface area contributed by atoms with Crippen molar-refractivity contribution in [1.29, 1.82) is 0 Å². The predicted molar refractivity (Wildman–Crippen MR) is 98.1 cm³/mol. The Morgan fingerprint density at radius 3 is 2.73 bits per heavy atom. The number of Topliss-reactive ketones (excluding diaryl/α,β-unsaturated/α-hetero) is 1. The average molecular weight is 371 g/mol. The Kier molecular flexibility index (Phi) is 5.78. The highest BCUT2D eigenvalue weighted by Crippen LogP contribution is 2.29. The molecule has 6 nitrogen and oxygen atoms in total. The van der Waals surface area contributed by atoms with Crippen LogP contribution in [0.2, 0.25) is 0 Å². The van der Waals surface area contributed by atoms with Crippen molar-refractivity contribution < 1.29 is 14.4 Å². The standard InChI is InChI=1S/C19H21N3O3S/c20-19(25)15(10-14(23)11-17-21-8-9-26-17)16-6-7-18(24)22(16)12-13-4-2-1-3-5-13/h1-5,8-9,15-16H,6-7,10-12H2,(H2,20,25). The SMILES string of the molecule is NC(=O)C(CC(=O)Cc1nccs1)C1CCC(=O)N1Cc1ccccc1. The van der Waals surface area contributed by atoms with E-state index in [2.05, 4.69) is 4.98 Å². The molecular weight excluding hydrogens is 350 g/mol. The van der Waals surface area contributed by atoms with Gasteiger partial charge in [0.2, 0.25) is 11.8 Å². The maximum atomic E-state index is 12.4. The molecule has 2 heterocycles. The molecule has 1 aromatic heterocycles. The summed E-state index contributed by atoms with van der Waals surface area (Å²) in [4.78, 5) is 42.6. The van der Waals surface area contributed by atoms with Gasteiger partial charge in [-0.05, 0) is 12.0 Å². The van der Waals surface area contributed by atoms with Gasteiger partial charge in [-0.3, -0.25) is 14.4 Å². The number of amides is 2. The number of carbonyl (C=O) groups excluding carboxylic acids is 3. The first kappa shape index (κ1) is 18.3. The highest BCUT2D eigenvalue weighted by atomic mass is 32.1. The molecular formula is C19H21N3O3S. The lowest BCUT2D eigenvalue weighted by molar-refractivity contribution is -0.134. The molecule has 1 fully saturated rings. The molecule has 1 saturated heterocycles. The molecule has 0 spiro atoms. The smallest absolute Gasteiger partial charge is 0.223 e. The first-order chi connectivity index (χ1) is 12.5. The fourth-order valence-electron chi connectivity index (χ4n) is 3.41. The van der Waals surface area contributed by atoms with Crippen LogP contribution in [0.25, 0.3) is 0 Å². The second kappa shape index (κ2) is 8.23. The highest BCUT2D eigenvalue weighted by molar-refractivity contribution is 7.09. The molecule has 1 aromatic carbocycles. The number of ketones is 1. The van der Waals surface area contributed by atoms with E-state index in [9.17, 15) is 14.4 Å². The Hall–Kier alpha value is -2.54. The first-order valence-corrected chi connectivity index (χ1v) is 9.45. The third kappa shape index (κ3) is 4.35. The molecule has 26 heavy (non-hydrogen) atoms. The molecule has 136 valence electrons. The Balaban J connectivity index is 1.72. The Labute approximate surface area is 156 Å². The molecule has 1 aliphatic rings. The number of carbonyl (C=O) groups is 3. The van der Waals surface area contributed by atoms with Crippen molar-refractivity contribution in [3.05, 3.63) is 52.5 Å². The number of hydrogen-bond donors (Lipinski definition) is 1. The number of aromatic nitrogens is 1. The number of benzene rings is 1. The summed E-state index contributed by atoms with van der Waals surface area (Å²) in [6.07, 6.45) is 2.81. The van der Waals surface area contributed by atoms with Crippen LogP contribution in [0.1, 0.15) is 29.8 Å². The summed E-state index contributed by atoms with van der Waals surface area (Å²) in [5, 5.41) is 2.53. The maximum absolute atomic E-state index is 12.4. The summed E-state index contributed by atoms with van der Waals surface area (Å²) in [5.74, 6) is -1.28. The lowest BCUT2D eigenvalue weighted by Gasteiger charge is -2.30. The van der Waals surface area contributed by atoms with E-state index >= 15 is 0 Å². The zero-order valence-corrected chi connectivity index (χ0v) is 15.2. The van der Waals surface area contributed by atoms with Crippen LogP contribution < -0.4 is 5.73 Å². The van der Waals surface area contributed by atoms with Gasteiger partial charge in [-0.15, -0.1) is 11.3 Å². The molecule has 2 aromatic rings. The van der Waals surface area contributed by atoms with Crippen molar-refractivity contribution in [3.8, 4) is 0 Å². The van der Waals surface area contributed by atoms with Crippen LogP contribution in [-0.2, 0) is 27.3 Å². The summed E-state index contributed by atoms with van der Waals surface area (Å²) in [7, 11) is 0. The monoisotopic (exact) mass is 371 g/mol. The van der Waals surface area contributed by atoms with Crippen LogP contribution in [-0.4, -0.2) is 33.5 Å². The number of rotatable bonds is 8. The van der Waals surface area contributed by atoms with Crippen LogP contribution in [0.15, 0.2) is 41.9 Å². The van der Waals surface area contributed by atoms with Gasteiger partial charge in [0.25, 0.3) is 0 Å². The summed E-state index contributed by atoms with van der Waals surface area (Å²) < 4.78 is 0. The van der Waals surface area contributed by atoms with Crippen LogP contribution >= 0.6 is 11.3 Å². The molecule has 2 amide bonds. The van der Waals surface area contributed by atoms with Crippen molar-refractivity contribution in [1.82, 2.24) is 9.88 Å². The molecule has 1 aliphatic heterocycles. The normalized spacial score (nSPS) is 18.1. The fraction of sp³-hybridized carbons (Fsp3) is 0.368. The topological polar surface area (TPSA) is 93.4 Å². The van der Waals surface area contributed by atoms with Gasteiger partial charge in [0.05, 0.1) is 17.3 Å². The van der Waals surface area contributed by atoms with Crippen molar-refractivity contribution in [3.63, 3.8) is 0 Å². The number of primary amides is 1. The van der Waals surface area contributed by atoms with E-state index in [0.717, 1.165) is 10.6 Å². The molecule has 0 bridgehead atoms. The lowest BCUT2D eigenvalue weighted by Crippen LogP contribution is -2.44. The average Bonchev–Trinajstić information content (AvgIpc) is 3.24. The predicted octanol–water partition coefficient (Wildman–Crippen LogP) is 1.94. The van der Waals surface area contributed by atoms with E-state index in [0.29, 0.717) is 19.4 Å². The van der Waals surface area contributed by atoms with E-state index in [1.807, 2.05) is 35.7 Å². The van der Waals surface area contributed by atoms with Gasteiger partial charge >= 0.3 is 0 Å². The van der Waals surface area contributed by atoms with Crippen LogP contribution in [0.5, 0.6) is 0 Å². The molecule has 2 atom stereocenters. The van der Waals surface area contributed by atoms with Crippen LogP contribution in [0.4, 0.5) is 0 Å². The van der Waals surface area contributed by atoms with Gasteiger partial charge in [0, 0.05) is 37.0 Å². The minimum Gasteiger partial charge on any atom is -0.369 e. The van der Waals surface area contributed by atoms with E-state index in [1.54, 1.807) is 11.1 Å². The second-order valence-electron chi connectivity index (χ2n) is 6.47. The maximum Gasteiger partial charge on any atom is 0.223 e. The zero-order valence-electron chi connectivity index (χ0n) is 14.3. The van der Waals surface area contributed by atoms with Crippen molar-refractivity contribution in [2.45, 2.75) is 38.3 Å². The van der Waals surface area contributed by atoms with Crippen molar-refractivity contribution in [2.24, 2.45) is 11.7 Å². The summed E-state index contributed by atoms with van der Waals surface area (Å²) in [6.45, 7) is 0.425. The van der Waals surface area contributed by atoms with Gasteiger partial charge in [0.15, 0.2) is 0 Å². The first-order valence-electron chi connectivity index (χ1n) is 8.57. The van der Waals surface area contributed by atoms with Crippen molar-refractivity contribution >= 4 is 28.9 Å². The van der Waals surface area contributed by atoms with Crippen LogP contribution in [0.3, 0.4) is 0 Å².